The van der Waals surface area contributed by atoms with E-state index in [1.807, 2.05) is 0 Å². The summed E-state index contributed by atoms with van der Waals surface area (Å²) in [5, 5.41) is 0. The van der Waals surface area contributed by atoms with Gasteiger partial charge in [0, 0.05) is 0 Å². The van der Waals surface area contributed by atoms with Crippen LogP contribution in [0.1, 0.15) is 20.3 Å². The maximum absolute atomic E-state index is 4.02. The molecule has 0 N–H and O–H groups in total. The quantitative estimate of drug-likeness (QED) is 0.517. The van der Waals surface area contributed by atoms with Crippen molar-refractivity contribution >= 4 is 0 Å². The zero-order chi connectivity index (χ0) is 7.35. The highest BCUT2D eigenvalue weighted by Crippen LogP contribution is 2.65. The van der Waals surface area contributed by atoms with Gasteiger partial charge in [-0.15, -0.1) is 0 Å². The van der Waals surface area contributed by atoms with E-state index in [-0.39, 0.29) is 0 Å². The van der Waals surface area contributed by atoms with E-state index in [1.54, 1.807) is 0 Å². The topological polar surface area (TPSA) is 0 Å². The van der Waals surface area contributed by atoms with Crippen molar-refractivity contribution in [2.45, 2.75) is 20.3 Å². The smallest absolute Gasteiger partial charge is 0.00172 e. The maximum Gasteiger partial charge on any atom is -0.00172 e. The lowest BCUT2D eigenvalue weighted by molar-refractivity contribution is 0.432. The fourth-order valence-electron chi connectivity index (χ4n) is 2.16. The minimum absolute atomic E-state index is 0.553. The largest absolute Gasteiger partial charge is 0.0955 e. The molecule has 0 saturated heterocycles. The van der Waals surface area contributed by atoms with Crippen molar-refractivity contribution in [1.82, 2.24) is 0 Å². The van der Waals surface area contributed by atoms with E-state index in [0.29, 0.717) is 5.41 Å². The van der Waals surface area contributed by atoms with Crippen molar-refractivity contribution in [2.75, 3.05) is 0 Å². The SMILES string of the molecule is C=C1C=C[C@]2(C(C)C)C[C@H]12. The molecule has 0 nitrogen and oxygen atoms in total. The average molecular weight is 134 g/mol. The summed E-state index contributed by atoms with van der Waals surface area (Å²) in [6.45, 7) is 8.63. The van der Waals surface area contributed by atoms with Gasteiger partial charge in [-0.2, -0.15) is 0 Å². The molecule has 2 aliphatic carbocycles. The third-order valence-electron chi connectivity index (χ3n) is 3.18. The lowest BCUT2D eigenvalue weighted by atomic mass is 9.92. The van der Waals surface area contributed by atoms with Crippen LogP contribution in [0.15, 0.2) is 24.3 Å². The lowest BCUT2D eigenvalue weighted by Gasteiger charge is -2.12. The summed E-state index contributed by atoms with van der Waals surface area (Å²) in [6.07, 6.45) is 5.93. The molecule has 1 saturated carbocycles. The Morgan fingerprint density at radius 3 is 2.60 bits per heavy atom. The van der Waals surface area contributed by atoms with Crippen molar-refractivity contribution < 1.29 is 0 Å². The van der Waals surface area contributed by atoms with Gasteiger partial charge in [-0.1, -0.05) is 38.2 Å². The van der Waals surface area contributed by atoms with Crippen molar-refractivity contribution in [1.29, 1.82) is 0 Å². The zero-order valence-corrected chi connectivity index (χ0v) is 6.72. The summed E-state index contributed by atoms with van der Waals surface area (Å²) in [7, 11) is 0. The van der Waals surface area contributed by atoms with Gasteiger partial charge >= 0.3 is 0 Å². The minimum atomic E-state index is 0.553. The Kier molecular flexibility index (Phi) is 0.964. The van der Waals surface area contributed by atoms with Crippen LogP contribution in [0, 0.1) is 17.3 Å². The summed E-state index contributed by atoms with van der Waals surface area (Å²) in [6, 6.07) is 0. The molecular formula is C10H14. The predicted octanol–water partition coefficient (Wildman–Crippen LogP) is 2.77. The highest BCUT2D eigenvalue weighted by atomic mass is 14.6. The molecule has 0 aromatic carbocycles. The van der Waals surface area contributed by atoms with E-state index in [4.69, 9.17) is 0 Å². The molecule has 0 aromatic heterocycles. The number of fused-ring (bicyclic) bond motifs is 1. The van der Waals surface area contributed by atoms with Gasteiger partial charge in [0.2, 0.25) is 0 Å². The number of hydrogen-bond acceptors (Lipinski definition) is 0. The Bertz CT molecular complexity index is 210. The zero-order valence-electron chi connectivity index (χ0n) is 6.72. The summed E-state index contributed by atoms with van der Waals surface area (Å²) in [4.78, 5) is 0. The maximum atomic E-state index is 4.02. The average Bonchev–Trinajstić information content (AvgIpc) is 2.52. The van der Waals surface area contributed by atoms with Gasteiger partial charge in [-0.3, -0.25) is 0 Å². The Morgan fingerprint density at radius 1 is 1.70 bits per heavy atom. The summed E-state index contributed by atoms with van der Waals surface area (Å²) in [5.41, 5.74) is 1.91. The van der Waals surface area contributed by atoms with Crippen LogP contribution in [-0.4, -0.2) is 0 Å². The van der Waals surface area contributed by atoms with Crippen molar-refractivity contribution in [3.8, 4) is 0 Å². The first kappa shape index (κ1) is 6.21. The van der Waals surface area contributed by atoms with E-state index < -0.39 is 0 Å². The molecule has 0 spiro atoms. The summed E-state index contributed by atoms with van der Waals surface area (Å²) in [5.74, 6) is 1.61. The van der Waals surface area contributed by atoms with Gasteiger partial charge in [0.25, 0.3) is 0 Å². The normalized spacial score (nSPS) is 42.7. The van der Waals surface area contributed by atoms with Gasteiger partial charge in [0.05, 0.1) is 0 Å². The first-order valence-electron chi connectivity index (χ1n) is 4.05. The molecule has 0 amide bonds. The van der Waals surface area contributed by atoms with Crippen LogP contribution in [0.3, 0.4) is 0 Å². The minimum Gasteiger partial charge on any atom is -0.0955 e. The van der Waals surface area contributed by atoms with Gasteiger partial charge in [-0.25, -0.2) is 0 Å². The number of allylic oxidation sites excluding steroid dienone is 3. The van der Waals surface area contributed by atoms with Crippen LogP contribution in [0.4, 0.5) is 0 Å². The second-order valence-corrected chi connectivity index (χ2v) is 3.93. The Balaban J connectivity index is 2.27. The molecule has 2 atom stereocenters. The van der Waals surface area contributed by atoms with Crippen LogP contribution in [0.25, 0.3) is 0 Å². The molecule has 10 heavy (non-hydrogen) atoms. The van der Waals surface area contributed by atoms with Crippen molar-refractivity contribution in [3.05, 3.63) is 24.3 Å². The van der Waals surface area contributed by atoms with Crippen LogP contribution in [0.5, 0.6) is 0 Å². The Labute approximate surface area is 62.6 Å². The molecule has 0 bridgehead atoms. The predicted molar refractivity (Wildman–Crippen MR) is 43.7 cm³/mol. The monoisotopic (exact) mass is 134 g/mol. The van der Waals surface area contributed by atoms with Gasteiger partial charge in [0.15, 0.2) is 0 Å². The fraction of sp³-hybridized carbons (Fsp3) is 0.600. The molecular weight excluding hydrogens is 120 g/mol. The molecule has 2 aliphatic rings. The van der Waals surface area contributed by atoms with E-state index in [9.17, 15) is 0 Å². The van der Waals surface area contributed by atoms with E-state index in [0.717, 1.165) is 11.8 Å². The third kappa shape index (κ3) is 0.524. The number of rotatable bonds is 1. The molecule has 1 fully saturated rings. The van der Waals surface area contributed by atoms with Crippen molar-refractivity contribution in [2.24, 2.45) is 17.3 Å². The molecule has 0 radical (unpaired) electrons. The van der Waals surface area contributed by atoms with E-state index >= 15 is 0 Å². The van der Waals surface area contributed by atoms with Gasteiger partial charge in [0.1, 0.15) is 0 Å². The summed E-state index contributed by atoms with van der Waals surface area (Å²) >= 11 is 0. The second-order valence-electron chi connectivity index (χ2n) is 3.93. The molecule has 2 rings (SSSR count). The molecule has 0 heterocycles. The van der Waals surface area contributed by atoms with Crippen molar-refractivity contribution in [3.63, 3.8) is 0 Å². The molecule has 0 unspecified atom stereocenters. The molecule has 54 valence electrons. The van der Waals surface area contributed by atoms with E-state index in [1.165, 1.54) is 12.0 Å². The van der Waals surface area contributed by atoms with Crippen LogP contribution in [-0.2, 0) is 0 Å². The Morgan fingerprint density at radius 2 is 2.40 bits per heavy atom. The second kappa shape index (κ2) is 1.55. The van der Waals surface area contributed by atoms with E-state index in [2.05, 4.69) is 32.6 Å². The molecule has 0 aliphatic heterocycles. The first-order chi connectivity index (χ1) is 4.67. The summed E-state index contributed by atoms with van der Waals surface area (Å²) < 4.78 is 0. The number of hydrogen-bond donors (Lipinski definition) is 0. The lowest BCUT2D eigenvalue weighted by Crippen LogP contribution is -2.05. The van der Waals surface area contributed by atoms with Crippen LogP contribution >= 0.6 is 0 Å². The highest BCUT2D eigenvalue weighted by molar-refractivity contribution is 5.41. The highest BCUT2D eigenvalue weighted by Gasteiger charge is 2.57. The Hall–Kier alpha value is -0.520. The van der Waals surface area contributed by atoms with Gasteiger partial charge in [-0.05, 0) is 23.7 Å². The molecule has 0 aromatic rings. The standard InChI is InChI=1S/C10H14/c1-7(2)10-5-4-8(3)9(10)6-10/h4-5,7,9H,3,6H2,1-2H3/t9-,10-/m1/s1. The van der Waals surface area contributed by atoms with Crippen LogP contribution in [0.2, 0.25) is 0 Å². The third-order valence-corrected chi connectivity index (χ3v) is 3.18. The van der Waals surface area contributed by atoms with Crippen LogP contribution < -0.4 is 0 Å². The fourth-order valence-corrected chi connectivity index (χ4v) is 2.16. The van der Waals surface area contributed by atoms with Gasteiger partial charge < -0.3 is 0 Å². The first-order valence-corrected chi connectivity index (χ1v) is 4.05. The molecule has 0 heteroatoms.